The third-order valence-corrected chi connectivity index (χ3v) is 3.81. The largest absolute Gasteiger partial charge is 0.478 e. The Bertz CT molecular complexity index is 487. The lowest BCUT2D eigenvalue weighted by molar-refractivity contribution is -0.132. The lowest BCUT2D eigenvalue weighted by Crippen LogP contribution is -2.37. The van der Waals surface area contributed by atoms with Crippen LogP contribution < -0.4 is 0 Å². The second-order valence-corrected chi connectivity index (χ2v) is 5.30. The fraction of sp³-hybridized carbons (Fsp3) is 0.600. The number of hydrogen-bond donors (Lipinski definition) is 1. The highest BCUT2D eigenvalue weighted by Crippen LogP contribution is 2.15. The molecule has 1 aliphatic heterocycles. The van der Waals surface area contributed by atoms with Crippen LogP contribution in [0.25, 0.3) is 0 Å². The molecule has 0 aliphatic carbocycles. The zero-order valence-electron chi connectivity index (χ0n) is 12.0. The zero-order chi connectivity index (χ0) is 14.5. The van der Waals surface area contributed by atoms with Gasteiger partial charge in [-0.05, 0) is 31.7 Å². The van der Waals surface area contributed by atoms with Crippen LogP contribution in [0.15, 0.2) is 12.3 Å². The van der Waals surface area contributed by atoms with Gasteiger partial charge in [-0.15, -0.1) is 0 Å². The maximum atomic E-state index is 12.3. The summed E-state index contributed by atoms with van der Waals surface area (Å²) in [5.74, 6) is -0.827. The number of nitrogens with zero attached hydrogens (tertiary/aromatic N) is 2. The molecule has 0 atom stereocenters. The monoisotopic (exact) mass is 278 g/mol. The van der Waals surface area contributed by atoms with Crippen molar-refractivity contribution in [2.24, 2.45) is 0 Å². The Morgan fingerprint density at radius 3 is 2.55 bits per heavy atom. The fourth-order valence-corrected chi connectivity index (χ4v) is 2.75. The topological polar surface area (TPSA) is 62.5 Å². The standard InChI is InChI=1S/C15H22N2O3/c1-2-6-13-12(15(19)20)7-10-17(13)11-14(18)16-8-4-3-5-9-16/h7,10H,2-6,8-9,11H2,1H3,(H,19,20). The summed E-state index contributed by atoms with van der Waals surface area (Å²) < 4.78 is 1.80. The molecule has 1 saturated heterocycles. The van der Waals surface area contributed by atoms with E-state index in [1.165, 1.54) is 6.42 Å². The van der Waals surface area contributed by atoms with Crippen LogP contribution in [0.4, 0.5) is 0 Å². The lowest BCUT2D eigenvalue weighted by atomic mass is 10.1. The number of amides is 1. The average Bonchev–Trinajstić information content (AvgIpc) is 2.83. The Kier molecular flexibility index (Phi) is 4.82. The van der Waals surface area contributed by atoms with Crippen molar-refractivity contribution >= 4 is 11.9 Å². The smallest absolute Gasteiger partial charge is 0.337 e. The maximum absolute atomic E-state index is 12.3. The number of carbonyl (C=O) groups is 2. The molecule has 1 aliphatic rings. The van der Waals surface area contributed by atoms with Gasteiger partial charge in [0, 0.05) is 25.0 Å². The van der Waals surface area contributed by atoms with Crippen molar-refractivity contribution in [3.05, 3.63) is 23.5 Å². The van der Waals surface area contributed by atoms with Crippen molar-refractivity contribution in [1.29, 1.82) is 0 Å². The molecular weight excluding hydrogens is 256 g/mol. The van der Waals surface area contributed by atoms with Crippen molar-refractivity contribution < 1.29 is 14.7 Å². The Morgan fingerprint density at radius 1 is 1.25 bits per heavy atom. The van der Waals surface area contributed by atoms with Gasteiger partial charge in [0.05, 0.1) is 5.56 Å². The van der Waals surface area contributed by atoms with Crippen LogP contribution in [0.5, 0.6) is 0 Å². The highest BCUT2D eigenvalue weighted by atomic mass is 16.4. The van der Waals surface area contributed by atoms with Crippen molar-refractivity contribution in [1.82, 2.24) is 9.47 Å². The van der Waals surface area contributed by atoms with Gasteiger partial charge in [0.1, 0.15) is 6.54 Å². The second kappa shape index (κ2) is 6.59. The average molecular weight is 278 g/mol. The van der Waals surface area contributed by atoms with E-state index in [0.717, 1.165) is 38.0 Å². The summed E-state index contributed by atoms with van der Waals surface area (Å²) in [6.07, 6.45) is 6.59. The molecule has 110 valence electrons. The molecule has 0 bridgehead atoms. The highest BCUT2D eigenvalue weighted by Gasteiger charge is 2.20. The molecule has 1 aromatic rings. The Morgan fingerprint density at radius 2 is 1.95 bits per heavy atom. The summed E-state index contributed by atoms with van der Waals surface area (Å²) >= 11 is 0. The first-order chi connectivity index (χ1) is 9.63. The molecule has 0 radical (unpaired) electrons. The Balaban J connectivity index is 2.11. The molecule has 1 fully saturated rings. The molecule has 1 amide bonds. The van der Waals surface area contributed by atoms with Gasteiger partial charge in [-0.3, -0.25) is 4.79 Å². The summed E-state index contributed by atoms with van der Waals surface area (Å²) in [6.45, 7) is 3.92. The van der Waals surface area contributed by atoms with E-state index in [4.69, 9.17) is 0 Å². The number of carbonyl (C=O) groups excluding carboxylic acids is 1. The summed E-state index contributed by atoms with van der Waals surface area (Å²) in [5, 5.41) is 9.18. The van der Waals surface area contributed by atoms with E-state index in [0.29, 0.717) is 12.0 Å². The minimum atomic E-state index is -0.919. The fourth-order valence-electron chi connectivity index (χ4n) is 2.75. The number of likely N-dealkylation sites (tertiary alicyclic amines) is 1. The zero-order valence-corrected chi connectivity index (χ0v) is 12.0. The SMILES string of the molecule is CCCc1c(C(=O)O)ccn1CC(=O)N1CCCCC1. The van der Waals surface area contributed by atoms with Gasteiger partial charge in [-0.1, -0.05) is 13.3 Å². The predicted molar refractivity (Wildman–Crippen MR) is 75.8 cm³/mol. The van der Waals surface area contributed by atoms with Crippen LogP contribution in [0.3, 0.4) is 0 Å². The van der Waals surface area contributed by atoms with Crippen LogP contribution in [0.1, 0.15) is 48.7 Å². The van der Waals surface area contributed by atoms with Crippen LogP contribution in [0, 0.1) is 0 Å². The molecule has 1 N–H and O–H groups in total. The van der Waals surface area contributed by atoms with Gasteiger partial charge < -0.3 is 14.6 Å². The van der Waals surface area contributed by atoms with Gasteiger partial charge in [0.15, 0.2) is 0 Å². The second-order valence-electron chi connectivity index (χ2n) is 5.30. The van der Waals surface area contributed by atoms with Crippen molar-refractivity contribution in [3.63, 3.8) is 0 Å². The number of carboxylic acid groups (broad SMARTS) is 1. The maximum Gasteiger partial charge on any atom is 0.337 e. The number of hydrogen-bond acceptors (Lipinski definition) is 2. The minimum absolute atomic E-state index is 0.0922. The van der Waals surface area contributed by atoms with Crippen LogP contribution in [-0.2, 0) is 17.8 Å². The van der Waals surface area contributed by atoms with Crippen LogP contribution in [-0.4, -0.2) is 39.5 Å². The minimum Gasteiger partial charge on any atom is -0.478 e. The molecule has 2 heterocycles. The summed E-state index contributed by atoms with van der Waals surface area (Å²) in [6, 6.07) is 1.59. The van der Waals surface area contributed by atoms with E-state index in [1.807, 2.05) is 11.8 Å². The molecule has 5 nitrogen and oxygen atoms in total. The first-order valence-electron chi connectivity index (χ1n) is 7.32. The third-order valence-electron chi connectivity index (χ3n) is 3.81. The van der Waals surface area contributed by atoms with Crippen LogP contribution in [0.2, 0.25) is 0 Å². The Hall–Kier alpha value is -1.78. The van der Waals surface area contributed by atoms with Crippen molar-refractivity contribution in [2.75, 3.05) is 13.1 Å². The van der Waals surface area contributed by atoms with Gasteiger partial charge in [0.25, 0.3) is 0 Å². The van der Waals surface area contributed by atoms with E-state index >= 15 is 0 Å². The van der Waals surface area contributed by atoms with E-state index in [2.05, 4.69) is 0 Å². The van der Waals surface area contributed by atoms with Crippen molar-refractivity contribution in [2.45, 2.75) is 45.6 Å². The van der Waals surface area contributed by atoms with E-state index in [9.17, 15) is 14.7 Å². The lowest BCUT2D eigenvalue weighted by Gasteiger charge is -2.27. The molecule has 0 spiro atoms. The number of aromatic carboxylic acids is 1. The first kappa shape index (κ1) is 14.6. The Labute approximate surface area is 119 Å². The molecular formula is C15H22N2O3. The first-order valence-corrected chi connectivity index (χ1v) is 7.32. The molecule has 20 heavy (non-hydrogen) atoms. The van der Waals surface area contributed by atoms with E-state index < -0.39 is 5.97 Å². The summed E-state index contributed by atoms with van der Waals surface area (Å²) in [5.41, 5.74) is 1.07. The molecule has 0 aromatic carbocycles. The number of carboxylic acids is 1. The number of rotatable bonds is 5. The van der Waals surface area contributed by atoms with Gasteiger partial charge in [-0.2, -0.15) is 0 Å². The molecule has 0 saturated carbocycles. The van der Waals surface area contributed by atoms with Gasteiger partial charge in [0.2, 0.25) is 5.91 Å². The van der Waals surface area contributed by atoms with Crippen LogP contribution >= 0.6 is 0 Å². The number of piperidine rings is 1. The summed E-state index contributed by atoms with van der Waals surface area (Å²) in [4.78, 5) is 25.3. The normalized spacial score (nSPS) is 15.3. The van der Waals surface area contributed by atoms with Gasteiger partial charge >= 0.3 is 5.97 Å². The van der Waals surface area contributed by atoms with Crippen molar-refractivity contribution in [3.8, 4) is 0 Å². The number of aromatic nitrogens is 1. The van der Waals surface area contributed by atoms with Gasteiger partial charge in [-0.25, -0.2) is 4.79 Å². The summed E-state index contributed by atoms with van der Waals surface area (Å²) in [7, 11) is 0. The molecule has 2 rings (SSSR count). The van der Waals surface area contributed by atoms with E-state index in [1.54, 1.807) is 16.8 Å². The molecule has 5 heteroatoms. The van der Waals surface area contributed by atoms with E-state index in [-0.39, 0.29) is 12.5 Å². The molecule has 1 aromatic heterocycles. The molecule has 0 unspecified atom stereocenters. The quantitative estimate of drug-likeness (QED) is 0.897. The highest BCUT2D eigenvalue weighted by molar-refractivity contribution is 5.89. The third kappa shape index (κ3) is 3.21. The predicted octanol–water partition coefficient (Wildman–Crippen LogP) is 2.15.